The Morgan fingerprint density at radius 3 is 2.50 bits per heavy atom. The number of hydrogen-bond acceptors (Lipinski definition) is 8. The van der Waals surface area contributed by atoms with E-state index >= 15 is 0 Å². The molecule has 0 bridgehead atoms. The largest absolute Gasteiger partial charge is 0.437 e. The number of benzene rings is 2. The zero-order valence-corrected chi connectivity index (χ0v) is 21.1. The summed E-state index contributed by atoms with van der Waals surface area (Å²) in [5, 5.41) is 9.46. The van der Waals surface area contributed by atoms with Crippen molar-refractivity contribution >= 4 is 27.0 Å². The van der Waals surface area contributed by atoms with Crippen LogP contribution in [0.4, 0.5) is 28.9 Å². The molecule has 1 aromatic heterocycles. The fourth-order valence-corrected chi connectivity index (χ4v) is 4.51. The predicted octanol–water partition coefficient (Wildman–Crippen LogP) is 4.86. The molecule has 1 amide bonds. The summed E-state index contributed by atoms with van der Waals surface area (Å²) in [4.78, 5) is 15.0. The summed E-state index contributed by atoms with van der Waals surface area (Å²) in [5.74, 6) is -2.03. The van der Waals surface area contributed by atoms with Gasteiger partial charge in [0.25, 0.3) is 11.8 Å². The lowest BCUT2D eigenvalue weighted by molar-refractivity contribution is -0.141. The fraction of sp³-hybridized carbons (Fsp3) is 0.292. The normalized spacial score (nSPS) is 15.6. The van der Waals surface area contributed by atoms with Crippen LogP contribution >= 0.6 is 0 Å². The van der Waals surface area contributed by atoms with Crippen LogP contribution < -0.4 is 15.0 Å². The molecular weight excluding hydrogens is 530 g/mol. The number of halogens is 4. The maximum absolute atomic E-state index is 14.1. The van der Waals surface area contributed by atoms with Crippen LogP contribution in [0.1, 0.15) is 21.6 Å². The maximum atomic E-state index is 14.1. The van der Waals surface area contributed by atoms with E-state index in [0.717, 1.165) is 12.1 Å². The van der Waals surface area contributed by atoms with Crippen molar-refractivity contribution in [1.29, 1.82) is 4.78 Å². The molecule has 1 saturated heterocycles. The first kappa shape index (κ1) is 27.3. The first-order chi connectivity index (χ1) is 17.8. The standard InChI is InChI=1S/C24H23F4N5O4S/c1-14-12-15(25)6-7-18(14)37-23-19(22(34)30-16-4-3-5-17(13-16)38(2,29)35)20(33-8-10-36-11-9-33)21(31-32-23)24(26,27)28/h3-7,12-13,29H,8-11H2,1-2H3,(H,30,34)/t38-/m0/s1. The van der Waals surface area contributed by atoms with Crippen LogP contribution in [0.3, 0.4) is 0 Å². The summed E-state index contributed by atoms with van der Waals surface area (Å²) in [6.45, 7) is 1.83. The van der Waals surface area contributed by atoms with Gasteiger partial charge in [-0.15, -0.1) is 10.2 Å². The number of rotatable bonds is 6. The average molecular weight is 554 g/mol. The van der Waals surface area contributed by atoms with Crippen molar-refractivity contribution < 1.29 is 36.0 Å². The molecule has 1 aliphatic rings. The Bertz CT molecular complexity index is 1480. The molecule has 1 aliphatic heterocycles. The predicted molar refractivity (Wildman–Crippen MR) is 131 cm³/mol. The maximum Gasteiger partial charge on any atom is 0.437 e. The highest BCUT2D eigenvalue weighted by molar-refractivity contribution is 7.91. The van der Waals surface area contributed by atoms with Crippen LogP contribution in [0.25, 0.3) is 0 Å². The summed E-state index contributed by atoms with van der Waals surface area (Å²) >= 11 is 0. The highest BCUT2D eigenvalue weighted by atomic mass is 32.2. The van der Waals surface area contributed by atoms with Crippen molar-refractivity contribution in [3.05, 3.63) is 65.1 Å². The molecule has 1 atom stereocenters. The topological polar surface area (TPSA) is 118 Å². The summed E-state index contributed by atoms with van der Waals surface area (Å²) < 4.78 is 86.9. The van der Waals surface area contributed by atoms with Gasteiger partial charge in [-0.1, -0.05) is 6.07 Å². The highest BCUT2D eigenvalue weighted by Crippen LogP contribution is 2.41. The third-order valence-electron chi connectivity index (χ3n) is 5.62. The van der Waals surface area contributed by atoms with Crippen molar-refractivity contribution in [2.75, 3.05) is 42.8 Å². The molecule has 2 aromatic carbocycles. The second kappa shape index (κ2) is 10.5. The fourth-order valence-electron chi connectivity index (χ4n) is 3.82. The Hall–Kier alpha value is -3.78. The minimum Gasteiger partial charge on any atom is -0.437 e. The number of anilines is 2. The summed E-state index contributed by atoms with van der Waals surface area (Å²) in [5.41, 5.74) is -2.07. The number of nitrogens with one attached hydrogen (secondary N) is 2. The number of aryl methyl sites for hydroxylation is 1. The van der Waals surface area contributed by atoms with Gasteiger partial charge in [-0.2, -0.15) is 13.2 Å². The molecule has 1 fully saturated rings. The molecule has 0 unspecified atom stereocenters. The molecule has 0 radical (unpaired) electrons. The van der Waals surface area contributed by atoms with Gasteiger partial charge in [0.15, 0.2) is 5.69 Å². The second-order valence-corrected chi connectivity index (χ2v) is 10.7. The average Bonchev–Trinajstić information content (AvgIpc) is 2.85. The van der Waals surface area contributed by atoms with Crippen LogP contribution in [0, 0.1) is 17.5 Å². The Kier molecular flexibility index (Phi) is 7.56. The number of amides is 1. The number of aromatic nitrogens is 2. The van der Waals surface area contributed by atoms with Crippen LogP contribution in [-0.2, 0) is 20.6 Å². The van der Waals surface area contributed by atoms with Gasteiger partial charge in [0.2, 0.25) is 0 Å². The van der Waals surface area contributed by atoms with Crippen LogP contribution in [0.5, 0.6) is 11.6 Å². The zero-order chi connectivity index (χ0) is 27.7. The Morgan fingerprint density at radius 1 is 1.16 bits per heavy atom. The van der Waals surface area contributed by atoms with Crippen molar-refractivity contribution in [3.8, 4) is 11.6 Å². The lowest BCUT2D eigenvalue weighted by Crippen LogP contribution is -2.39. The first-order valence-electron chi connectivity index (χ1n) is 11.2. The molecule has 4 rings (SSSR count). The third-order valence-corrected chi connectivity index (χ3v) is 6.78. The number of morpholine rings is 1. The minimum atomic E-state index is -4.96. The molecule has 9 nitrogen and oxygen atoms in total. The van der Waals surface area contributed by atoms with Gasteiger partial charge < -0.3 is 19.7 Å². The monoisotopic (exact) mass is 553 g/mol. The van der Waals surface area contributed by atoms with Crippen molar-refractivity contribution in [1.82, 2.24) is 10.2 Å². The quantitative estimate of drug-likeness (QED) is 0.419. The Balaban J connectivity index is 1.88. The van der Waals surface area contributed by atoms with Gasteiger partial charge in [0, 0.05) is 29.9 Å². The van der Waals surface area contributed by atoms with E-state index in [1.807, 2.05) is 0 Å². The zero-order valence-electron chi connectivity index (χ0n) is 20.3. The molecule has 0 saturated carbocycles. The third kappa shape index (κ3) is 6.02. The van der Waals surface area contributed by atoms with E-state index in [0.29, 0.717) is 5.56 Å². The molecular formula is C24H23F4N5O4S. The van der Waals surface area contributed by atoms with Gasteiger partial charge in [-0.3, -0.25) is 4.79 Å². The molecule has 14 heteroatoms. The van der Waals surface area contributed by atoms with Crippen molar-refractivity contribution in [2.24, 2.45) is 0 Å². The first-order valence-corrected chi connectivity index (χ1v) is 13.2. The molecule has 2 heterocycles. The van der Waals surface area contributed by atoms with Crippen LogP contribution in [0.2, 0.25) is 0 Å². The summed E-state index contributed by atoms with van der Waals surface area (Å²) in [6.07, 6.45) is -3.76. The van der Waals surface area contributed by atoms with E-state index in [9.17, 15) is 26.6 Å². The molecule has 38 heavy (non-hydrogen) atoms. The number of ether oxygens (including phenoxy) is 2. The van der Waals surface area contributed by atoms with E-state index < -0.39 is 50.5 Å². The number of carbonyl (C=O) groups is 1. The van der Waals surface area contributed by atoms with E-state index in [-0.39, 0.29) is 42.6 Å². The summed E-state index contributed by atoms with van der Waals surface area (Å²) in [6, 6.07) is 9.13. The molecule has 2 N–H and O–H groups in total. The number of carbonyl (C=O) groups excluding carboxylic acids is 1. The number of alkyl halides is 3. The van der Waals surface area contributed by atoms with Crippen molar-refractivity contribution in [3.63, 3.8) is 0 Å². The summed E-state index contributed by atoms with van der Waals surface area (Å²) in [7, 11) is -3.13. The van der Waals surface area contributed by atoms with Gasteiger partial charge in [-0.05, 0) is 48.9 Å². The molecule has 0 spiro atoms. The minimum absolute atomic E-state index is 0.0380. The SMILES string of the molecule is Cc1cc(F)ccc1Oc1nnc(C(F)(F)F)c(N2CCOCC2)c1C(=O)Nc1cccc([S@@](C)(=N)=O)c1. The lowest BCUT2D eigenvalue weighted by atomic mass is 10.1. The highest BCUT2D eigenvalue weighted by Gasteiger charge is 2.42. The Labute approximate surface area is 215 Å². The molecule has 202 valence electrons. The smallest absolute Gasteiger partial charge is 0.437 e. The van der Waals surface area contributed by atoms with Crippen LogP contribution in [-0.4, -0.2) is 52.9 Å². The Morgan fingerprint density at radius 2 is 1.87 bits per heavy atom. The number of nitrogens with zero attached hydrogens (tertiary/aromatic N) is 3. The molecule has 3 aromatic rings. The molecule has 0 aliphatic carbocycles. The lowest BCUT2D eigenvalue weighted by Gasteiger charge is -2.32. The van der Waals surface area contributed by atoms with E-state index in [4.69, 9.17) is 14.3 Å². The van der Waals surface area contributed by atoms with E-state index in [2.05, 4.69) is 15.5 Å². The second-order valence-electron chi connectivity index (χ2n) is 8.51. The van der Waals surface area contributed by atoms with Gasteiger partial charge in [-0.25, -0.2) is 13.4 Å². The van der Waals surface area contributed by atoms with Gasteiger partial charge in [0.1, 0.15) is 17.1 Å². The number of hydrogen-bond donors (Lipinski definition) is 2. The van der Waals surface area contributed by atoms with Crippen LogP contribution in [0.15, 0.2) is 47.4 Å². The van der Waals surface area contributed by atoms with E-state index in [1.165, 1.54) is 48.4 Å². The van der Waals surface area contributed by atoms with Gasteiger partial charge >= 0.3 is 6.18 Å². The van der Waals surface area contributed by atoms with E-state index in [1.54, 1.807) is 0 Å². The van der Waals surface area contributed by atoms with Crippen molar-refractivity contribution in [2.45, 2.75) is 18.0 Å². The van der Waals surface area contributed by atoms with Gasteiger partial charge in [0.05, 0.1) is 28.6 Å².